The number of fused-ring (bicyclic) bond motifs is 9. The summed E-state index contributed by atoms with van der Waals surface area (Å²) in [6.45, 7) is 0. The Morgan fingerprint density at radius 3 is 1.57 bits per heavy atom. The molecule has 0 radical (unpaired) electrons. The minimum atomic E-state index is 0.935. The predicted octanol–water partition coefficient (Wildman–Crippen LogP) is 16.6. The number of aromatic nitrogens is 2. The zero-order valence-electron chi connectivity index (χ0n) is 34.2. The summed E-state index contributed by atoms with van der Waals surface area (Å²) in [6, 6.07) is 80.3. The molecule has 0 amide bonds. The predicted molar refractivity (Wildman–Crippen MR) is 268 cm³/mol. The topological polar surface area (TPSA) is 17.8 Å². The molecule has 14 aromatic rings. The Labute approximate surface area is 363 Å². The van der Waals surface area contributed by atoms with Gasteiger partial charge < -0.3 is 0 Å². The molecule has 2 heteroatoms. The Morgan fingerprint density at radius 1 is 0.286 bits per heavy atom. The monoisotopic (exact) mass is 796 g/mol. The summed E-state index contributed by atoms with van der Waals surface area (Å²) in [5, 5.41) is 18.3. The van der Waals surface area contributed by atoms with Gasteiger partial charge in [-0.25, -0.2) is 4.98 Å². The van der Waals surface area contributed by atoms with E-state index in [-0.39, 0.29) is 0 Å². The molecule has 14 rings (SSSR count). The number of rotatable bonds is 5. The van der Waals surface area contributed by atoms with Crippen LogP contribution in [0.4, 0.5) is 0 Å². The molecule has 0 aliphatic carbocycles. The van der Waals surface area contributed by atoms with E-state index in [0.717, 1.165) is 28.1 Å². The van der Waals surface area contributed by atoms with Crippen molar-refractivity contribution in [3.63, 3.8) is 0 Å². The minimum Gasteiger partial charge on any atom is -0.292 e. The molecule has 0 aliphatic heterocycles. The average molecular weight is 797 g/mol. The van der Waals surface area contributed by atoms with Gasteiger partial charge >= 0.3 is 0 Å². The van der Waals surface area contributed by atoms with Crippen LogP contribution in [0, 0.1) is 0 Å². The van der Waals surface area contributed by atoms with E-state index in [4.69, 9.17) is 4.98 Å². The molecule has 0 fully saturated rings. The molecule has 0 saturated heterocycles. The summed E-state index contributed by atoms with van der Waals surface area (Å²) in [6.07, 6.45) is 0. The van der Waals surface area contributed by atoms with Crippen molar-refractivity contribution in [3.05, 3.63) is 218 Å². The third-order valence-electron chi connectivity index (χ3n) is 13.7. The van der Waals surface area contributed by atoms with Crippen LogP contribution in [0.15, 0.2) is 218 Å². The maximum absolute atomic E-state index is 5.16. The van der Waals surface area contributed by atoms with Gasteiger partial charge in [-0.3, -0.25) is 4.57 Å². The molecule has 0 aliphatic rings. The van der Waals surface area contributed by atoms with E-state index in [1.165, 1.54) is 109 Å². The largest absolute Gasteiger partial charge is 0.292 e. The van der Waals surface area contributed by atoms with Gasteiger partial charge in [-0.2, -0.15) is 0 Å². The Balaban J connectivity index is 1.12. The van der Waals surface area contributed by atoms with Gasteiger partial charge in [0.25, 0.3) is 0 Å². The summed E-state index contributed by atoms with van der Waals surface area (Å²) in [5.41, 5.74) is 11.7. The van der Waals surface area contributed by atoms with Crippen LogP contribution in [-0.2, 0) is 0 Å². The van der Waals surface area contributed by atoms with Crippen molar-refractivity contribution in [2.24, 2.45) is 0 Å². The van der Waals surface area contributed by atoms with E-state index in [0.29, 0.717) is 0 Å². The molecule has 0 unspecified atom stereocenters. The average Bonchev–Trinajstić information content (AvgIpc) is 4.02. The van der Waals surface area contributed by atoms with Crippen molar-refractivity contribution in [1.29, 1.82) is 0 Å². The first-order chi connectivity index (χ1) is 31.3. The number of nitrogens with zero attached hydrogens (tertiary/aromatic N) is 2. The number of hydrogen-bond donors (Lipinski definition) is 0. The first kappa shape index (κ1) is 34.4. The minimum absolute atomic E-state index is 0.935. The van der Waals surface area contributed by atoms with Crippen LogP contribution >= 0.6 is 0 Å². The molecule has 0 N–H and O–H groups in total. The van der Waals surface area contributed by atoms with Crippen LogP contribution in [0.3, 0.4) is 0 Å². The highest BCUT2D eigenvalue weighted by Crippen LogP contribution is 2.55. The maximum atomic E-state index is 5.16. The van der Waals surface area contributed by atoms with E-state index in [2.05, 4.69) is 223 Å². The van der Waals surface area contributed by atoms with Gasteiger partial charge in [-0.15, -0.1) is 0 Å². The van der Waals surface area contributed by atoms with Gasteiger partial charge in [0, 0.05) is 11.3 Å². The summed E-state index contributed by atoms with van der Waals surface area (Å²) in [4.78, 5) is 5.16. The first-order valence-electron chi connectivity index (χ1n) is 21.8. The van der Waals surface area contributed by atoms with Gasteiger partial charge in [-0.1, -0.05) is 188 Å². The fourth-order valence-electron chi connectivity index (χ4n) is 11.1. The van der Waals surface area contributed by atoms with Gasteiger partial charge in [0.2, 0.25) is 0 Å². The lowest BCUT2D eigenvalue weighted by Crippen LogP contribution is -1.98. The number of hydrogen-bond acceptors (Lipinski definition) is 1. The molecule has 0 bridgehead atoms. The van der Waals surface area contributed by atoms with Gasteiger partial charge in [0.15, 0.2) is 0 Å². The first-order valence-corrected chi connectivity index (χ1v) is 21.8. The lowest BCUT2D eigenvalue weighted by atomic mass is 9.84. The SMILES string of the molecule is c1ccc(-c2c3cc4c5ccccc5c5cccc(c3c(-c3ccccc3)c3c6ccc(-c7cccc(-n8c(-c9ccccc9)nc9ccccc98)c7)c7cccc(c23)c76)c54)cc1. The molecule has 1 heterocycles. The highest BCUT2D eigenvalue weighted by molar-refractivity contribution is 6.45. The fraction of sp³-hybridized carbons (Fsp3) is 0. The summed E-state index contributed by atoms with van der Waals surface area (Å²) in [5.74, 6) is 0.935. The second-order valence-corrected chi connectivity index (χ2v) is 16.9. The molecular formula is C61H36N2. The third kappa shape index (κ3) is 4.81. The number of benzene rings is 11. The van der Waals surface area contributed by atoms with Crippen LogP contribution in [-0.4, -0.2) is 9.55 Å². The summed E-state index contributed by atoms with van der Waals surface area (Å²) >= 11 is 0. The fourth-order valence-corrected chi connectivity index (χ4v) is 11.1. The van der Waals surface area contributed by atoms with E-state index in [1.54, 1.807) is 0 Å². The normalized spacial score (nSPS) is 12.1. The van der Waals surface area contributed by atoms with E-state index in [1.807, 2.05) is 0 Å². The Morgan fingerprint density at radius 2 is 0.810 bits per heavy atom. The molecule has 0 spiro atoms. The lowest BCUT2D eigenvalue weighted by molar-refractivity contribution is 1.10. The molecule has 290 valence electrons. The smallest absolute Gasteiger partial charge is 0.145 e. The zero-order valence-corrected chi connectivity index (χ0v) is 34.2. The maximum Gasteiger partial charge on any atom is 0.145 e. The van der Waals surface area contributed by atoms with Gasteiger partial charge in [0.1, 0.15) is 5.82 Å². The zero-order chi connectivity index (χ0) is 41.2. The van der Waals surface area contributed by atoms with Crippen molar-refractivity contribution >= 4 is 86.4 Å². The Hall–Kier alpha value is -8.33. The quantitative estimate of drug-likeness (QED) is 0.159. The highest BCUT2D eigenvalue weighted by Gasteiger charge is 2.27. The molecular weight excluding hydrogens is 761 g/mol. The van der Waals surface area contributed by atoms with Crippen LogP contribution < -0.4 is 0 Å². The second kappa shape index (κ2) is 13.1. The van der Waals surface area contributed by atoms with E-state index < -0.39 is 0 Å². The van der Waals surface area contributed by atoms with Crippen molar-refractivity contribution in [2.75, 3.05) is 0 Å². The Kier molecular flexibility index (Phi) is 7.14. The van der Waals surface area contributed by atoms with Crippen LogP contribution in [0.1, 0.15) is 0 Å². The van der Waals surface area contributed by atoms with E-state index >= 15 is 0 Å². The van der Waals surface area contributed by atoms with Crippen LogP contribution in [0.5, 0.6) is 0 Å². The number of para-hydroxylation sites is 2. The summed E-state index contributed by atoms with van der Waals surface area (Å²) in [7, 11) is 0. The molecule has 1 aromatic heterocycles. The third-order valence-corrected chi connectivity index (χ3v) is 13.7. The highest BCUT2D eigenvalue weighted by atomic mass is 15.1. The molecule has 0 saturated carbocycles. The van der Waals surface area contributed by atoms with Crippen LogP contribution in [0.2, 0.25) is 0 Å². The Bertz CT molecular complexity index is 4110. The number of imidazole rings is 1. The molecule has 0 atom stereocenters. The molecule has 2 nitrogen and oxygen atoms in total. The van der Waals surface area contributed by atoms with Crippen molar-refractivity contribution < 1.29 is 0 Å². The van der Waals surface area contributed by atoms with E-state index in [9.17, 15) is 0 Å². The second-order valence-electron chi connectivity index (χ2n) is 16.9. The van der Waals surface area contributed by atoms with Crippen molar-refractivity contribution in [3.8, 4) is 50.5 Å². The van der Waals surface area contributed by atoms with Gasteiger partial charge in [0.05, 0.1) is 11.0 Å². The summed E-state index contributed by atoms with van der Waals surface area (Å²) < 4.78 is 2.31. The standard InChI is InChI=1S/C61H36N2/c1-4-17-37(18-5-1)54-51-36-50-44-26-11-10-25-43(44)46-28-16-29-47(57(46)50)58(51)55(38-19-6-2-7-20-38)60-49-34-33-42(45-27-15-30-48(56(45)49)59(54)60)40-23-14-24-41(35-40)63-53-32-13-12-31-52(53)62-61(63)39-21-8-3-9-22-39/h1-36H. The van der Waals surface area contributed by atoms with Gasteiger partial charge in [-0.05, 0) is 139 Å². The molecule has 13 aromatic carbocycles. The molecule has 63 heavy (non-hydrogen) atoms. The lowest BCUT2D eigenvalue weighted by Gasteiger charge is -2.19. The van der Waals surface area contributed by atoms with Crippen molar-refractivity contribution in [2.45, 2.75) is 0 Å². The van der Waals surface area contributed by atoms with Crippen LogP contribution in [0.25, 0.3) is 137 Å². The van der Waals surface area contributed by atoms with Crippen molar-refractivity contribution in [1.82, 2.24) is 9.55 Å².